The molecular weight excluding hydrogens is 266 g/mol. The van der Waals surface area contributed by atoms with Gasteiger partial charge in [0.25, 0.3) is 0 Å². The Bertz CT molecular complexity index is 461. The van der Waals surface area contributed by atoms with E-state index in [0.717, 1.165) is 30.6 Å². The van der Waals surface area contributed by atoms with Crippen LogP contribution in [-0.2, 0) is 22.5 Å². The summed E-state index contributed by atoms with van der Waals surface area (Å²) in [6.07, 6.45) is 4.96. The van der Waals surface area contributed by atoms with Crippen LogP contribution in [-0.4, -0.2) is 42.3 Å². The van der Waals surface area contributed by atoms with Gasteiger partial charge in [-0.15, -0.1) is 0 Å². The Balaban J connectivity index is 2.11. The summed E-state index contributed by atoms with van der Waals surface area (Å²) in [6, 6.07) is 8.24. The van der Waals surface area contributed by atoms with Gasteiger partial charge >= 0.3 is 5.97 Å². The third-order valence-corrected chi connectivity index (χ3v) is 4.26. The molecule has 1 aromatic carbocycles. The van der Waals surface area contributed by atoms with Crippen LogP contribution < -0.4 is 0 Å². The van der Waals surface area contributed by atoms with E-state index in [-0.39, 0.29) is 18.6 Å². The number of esters is 1. The zero-order chi connectivity index (χ0) is 15.1. The van der Waals surface area contributed by atoms with Crippen LogP contribution in [0.1, 0.15) is 36.8 Å². The van der Waals surface area contributed by atoms with Crippen molar-refractivity contribution < 1.29 is 14.6 Å². The van der Waals surface area contributed by atoms with E-state index in [2.05, 4.69) is 11.0 Å². The number of methoxy groups -OCH3 is 1. The van der Waals surface area contributed by atoms with Gasteiger partial charge in [0.05, 0.1) is 20.1 Å². The smallest absolute Gasteiger partial charge is 0.309 e. The highest BCUT2D eigenvalue weighted by Gasteiger charge is 2.21. The second-order valence-corrected chi connectivity index (χ2v) is 5.68. The second-order valence-electron chi connectivity index (χ2n) is 5.68. The number of nitrogens with zero attached hydrogens (tertiary/aromatic N) is 1. The van der Waals surface area contributed by atoms with Crippen LogP contribution in [0.25, 0.3) is 0 Å². The van der Waals surface area contributed by atoms with Gasteiger partial charge in [0.1, 0.15) is 0 Å². The lowest BCUT2D eigenvalue weighted by atomic mass is 10.0. The Hall–Kier alpha value is -1.39. The van der Waals surface area contributed by atoms with Crippen LogP contribution in [0.15, 0.2) is 24.3 Å². The van der Waals surface area contributed by atoms with Crippen LogP contribution in [0.5, 0.6) is 0 Å². The summed E-state index contributed by atoms with van der Waals surface area (Å²) in [5.74, 6) is -0.211. The molecule has 1 atom stereocenters. The number of aliphatic hydroxyl groups is 1. The predicted molar refractivity (Wildman–Crippen MR) is 81.9 cm³/mol. The molecule has 21 heavy (non-hydrogen) atoms. The van der Waals surface area contributed by atoms with Crippen molar-refractivity contribution in [3.63, 3.8) is 0 Å². The fourth-order valence-electron chi connectivity index (χ4n) is 2.98. The van der Waals surface area contributed by atoms with Crippen molar-refractivity contribution in [2.24, 2.45) is 0 Å². The molecule has 1 aromatic rings. The fourth-order valence-corrected chi connectivity index (χ4v) is 2.98. The Kier molecular flexibility index (Phi) is 6.21. The third-order valence-electron chi connectivity index (χ3n) is 4.26. The number of benzene rings is 1. The second kappa shape index (κ2) is 8.15. The molecule has 1 aliphatic rings. The number of aliphatic hydroxyl groups excluding tert-OH is 1. The SMILES string of the molecule is COC(=O)Cc1ccccc1CN1CCCCCC1CO. The third kappa shape index (κ3) is 4.55. The van der Waals surface area contributed by atoms with Crippen LogP contribution >= 0.6 is 0 Å². The molecule has 2 rings (SSSR count). The van der Waals surface area contributed by atoms with Crippen molar-refractivity contribution in [3.05, 3.63) is 35.4 Å². The minimum atomic E-state index is -0.211. The average molecular weight is 291 g/mol. The predicted octanol–water partition coefficient (Wildman–Crippen LogP) is 2.14. The fraction of sp³-hybridized carbons (Fsp3) is 0.588. The van der Waals surface area contributed by atoms with Gasteiger partial charge in [0.2, 0.25) is 0 Å². The molecule has 0 spiro atoms. The van der Waals surface area contributed by atoms with Crippen LogP contribution in [0.2, 0.25) is 0 Å². The lowest BCUT2D eigenvalue weighted by Crippen LogP contribution is -2.37. The first-order valence-corrected chi connectivity index (χ1v) is 7.73. The first kappa shape index (κ1) is 16.0. The highest BCUT2D eigenvalue weighted by molar-refractivity contribution is 5.72. The molecule has 1 aliphatic heterocycles. The Morgan fingerprint density at radius 3 is 2.76 bits per heavy atom. The molecule has 0 saturated carbocycles. The standard InChI is InChI=1S/C17H25NO3/c1-21-17(20)11-14-7-4-5-8-15(14)12-18-10-6-2-3-9-16(18)13-19/h4-5,7-8,16,19H,2-3,6,9-13H2,1H3. The molecule has 0 aromatic heterocycles. The highest BCUT2D eigenvalue weighted by atomic mass is 16.5. The van der Waals surface area contributed by atoms with Crippen molar-refractivity contribution in [1.29, 1.82) is 0 Å². The molecule has 4 nitrogen and oxygen atoms in total. The highest BCUT2D eigenvalue weighted by Crippen LogP contribution is 2.21. The molecule has 1 unspecified atom stereocenters. The topological polar surface area (TPSA) is 49.8 Å². The van der Waals surface area contributed by atoms with E-state index in [0.29, 0.717) is 6.42 Å². The zero-order valence-electron chi connectivity index (χ0n) is 12.8. The molecule has 1 fully saturated rings. The maximum absolute atomic E-state index is 11.5. The van der Waals surface area contributed by atoms with Crippen molar-refractivity contribution in [3.8, 4) is 0 Å². The minimum absolute atomic E-state index is 0.208. The number of carbonyl (C=O) groups excluding carboxylic acids is 1. The molecule has 0 amide bonds. The Morgan fingerprint density at radius 2 is 2.05 bits per heavy atom. The summed E-state index contributed by atoms with van der Waals surface area (Å²) >= 11 is 0. The zero-order valence-corrected chi connectivity index (χ0v) is 12.8. The molecule has 1 heterocycles. The van der Waals surface area contributed by atoms with Gasteiger partial charge in [-0.2, -0.15) is 0 Å². The van der Waals surface area contributed by atoms with E-state index in [9.17, 15) is 9.90 Å². The summed E-state index contributed by atoms with van der Waals surface area (Å²) in [5.41, 5.74) is 2.17. The molecule has 0 bridgehead atoms. The summed E-state index contributed by atoms with van der Waals surface area (Å²) in [5, 5.41) is 9.60. The summed E-state index contributed by atoms with van der Waals surface area (Å²) in [6.45, 7) is 2.01. The summed E-state index contributed by atoms with van der Waals surface area (Å²) in [7, 11) is 1.42. The number of hydrogen-bond acceptors (Lipinski definition) is 4. The first-order valence-electron chi connectivity index (χ1n) is 7.73. The van der Waals surface area contributed by atoms with Crippen LogP contribution in [0, 0.1) is 0 Å². The summed E-state index contributed by atoms with van der Waals surface area (Å²) in [4.78, 5) is 13.9. The van der Waals surface area contributed by atoms with Crippen LogP contribution in [0.3, 0.4) is 0 Å². The number of carbonyl (C=O) groups is 1. The Labute approximate surface area is 126 Å². The van der Waals surface area contributed by atoms with E-state index in [4.69, 9.17) is 4.74 Å². The molecule has 116 valence electrons. The van der Waals surface area contributed by atoms with Crippen LogP contribution in [0.4, 0.5) is 0 Å². The number of hydrogen-bond donors (Lipinski definition) is 1. The number of ether oxygens (including phenoxy) is 1. The van der Waals surface area contributed by atoms with Crippen molar-refractivity contribution in [2.45, 2.75) is 44.7 Å². The van der Waals surface area contributed by atoms with Crippen molar-refractivity contribution >= 4 is 5.97 Å². The number of rotatable bonds is 5. The molecule has 1 saturated heterocycles. The average Bonchev–Trinajstić information content (AvgIpc) is 2.74. The normalized spacial score (nSPS) is 20.0. The van der Waals surface area contributed by atoms with E-state index in [1.807, 2.05) is 18.2 Å². The van der Waals surface area contributed by atoms with E-state index in [1.165, 1.54) is 26.4 Å². The van der Waals surface area contributed by atoms with Gasteiger partial charge in [0.15, 0.2) is 0 Å². The number of likely N-dealkylation sites (tertiary alicyclic amines) is 1. The lowest BCUT2D eigenvalue weighted by molar-refractivity contribution is -0.139. The Morgan fingerprint density at radius 1 is 1.29 bits per heavy atom. The minimum Gasteiger partial charge on any atom is -0.469 e. The lowest BCUT2D eigenvalue weighted by Gasteiger charge is -2.29. The molecule has 1 N–H and O–H groups in total. The van der Waals surface area contributed by atoms with Gasteiger partial charge in [-0.25, -0.2) is 0 Å². The van der Waals surface area contributed by atoms with Gasteiger partial charge in [0, 0.05) is 12.6 Å². The molecule has 0 aliphatic carbocycles. The first-order chi connectivity index (χ1) is 10.2. The maximum atomic E-state index is 11.5. The van der Waals surface area contributed by atoms with E-state index in [1.54, 1.807) is 0 Å². The van der Waals surface area contributed by atoms with Crippen molar-refractivity contribution in [1.82, 2.24) is 4.90 Å². The molecular formula is C17H25NO3. The largest absolute Gasteiger partial charge is 0.469 e. The van der Waals surface area contributed by atoms with Gasteiger partial charge in [-0.1, -0.05) is 37.1 Å². The molecule has 0 radical (unpaired) electrons. The maximum Gasteiger partial charge on any atom is 0.309 e. The van der Waals surface area contributed by atoms with Crippen molar-refractivity contribution in [2.75, 3.05) is 20.3 Å². The van der Waals surface area contributed by atoms with E-state index < -0.39 is 0 Å². The molecule has 4 heteroatoms. The summed E-state index contributed by atoms with van der Waals surface area (Å²) < 4.78 is 4.77. The van der Waals surface area contributed by atoms with Gasteiger partial charge < -0.3 is 9.84 Å². The quantitative estimate of drug-likeness (QED) is 0.845. The monoisotopic (exact) mass is 291 g/mol. The van der Waals surface area contributed by atoms with Gasteiger partial charge in [-0.05, 0) is 30.5 Å². The van der Waals surface area contributed by atoms with Gasteiger partial charge in [-0.3, -0.25) is 9.69 Å². The van der Waals surface area contributed by atoms with E-state index >= 15 is 0 Å².